The zero-order valence-electron chi connectivity index (χ0n) is 8.63. The number of hydrogen-bond donors (Lipinski definition) is 3. The molecule has 0 fully saturated rings. The molecule has 4 nitrogen and oxygen atoms in total. The lowest BCUT2D eigenvalue weighted by Crippen LogP contribution is -2.35. The number of benzene rings is 1. The quantitative estimate of drug-likeness (QED) is 0.667. The number of carbonyl (C=O) groups is 1. The average molecular weight is 230 g/mol. The van der Waals surface area contributed by atoms with Crippen LogP contribution in [0.15, 0.2) is 12.1 Å². The van der Waals surface area contributed by atoms with E-state index in [0.29, 0.717) is 0 Å². The Labute approximate surface area is 91.1 Å². The van der Waals surface area contributed by atoms with Crippen molar-refractivity contribution in [2.24, 2.45) is 0 Å². The van der Waals surface area contributed by atoms with Gasteiger partial charge in [-0.05, 0) is 13.0 Å². The molecule has 1 amide bonds. The van der Waals surface area contributed by atoms with Crippen molar-refractivity contribution in [3.63, 3.8) is 0 Å². The number of nitrogen functional groups attached to an aromatic ring is 1. The Morgan fingerprint density at radius 1 is 1.50 bits per heavy atom. The molecule has 0 aliphatic rings. The van der Waals surface area contributed by atoms with Gasteiger partial charge in [0.25, 0.3) is 5.91 Å². The lowest BCUT2D eigenvalue weighted by atomic mass is 10.1. The topological polar surface area (TPSA) is 75.3 Å². The van der Waals surface area contributed by atoms with Crippen LogP contribution in [0.1, 0.15) is 17.3 Å². The van der Waals surface area contributed by atoms with E-state index in [1.165, 1.54) is 0 Å². The summed E-state index contributed by atoms with van der Waals surface area (Å²) >= 11 is 0. The van der Waals surface area contributed by atoms with Crippen LogP contribution in [0.2, 0.25) is 0 Å². The molecule has 0 aromatic heterocycles. The molecule has 0 unspecified atom stereocenters. The van der Waals surface area contributed by atoms with Crippen molar-refractivity contribution < 1.29 is 18.7 Å². The second kappa shape index (κ2) is 4.89. The van der Waals surface area contributed by atoms with Gasteiger partial charge in [0.05, 0.1) is 12.2 Å². The maximum atomic E-state index is 12.9. The number of nitrogens with one attached hydrogen (secondary N) is 1. The Bertz CT molecular complexity index is 410. The molecule has 88 valence electrons. The molecule has 1 aromatic carbocycles. The Hall–Kier alpha value is -1.69. The van der Waals surface area contributed by atoms with E-state index >= 15 is 0 Å². The van der Waals surface area contributed by atoms with Crippen molar-refractivity contribution in [1.29, 1.82) is 0 Å². The maximum absolute atomic E-state index is 12.9. The lowest BCUT2D eigenvalue weighted by molar-refractivity contribution is 0.0922. The molecule has 1 rings (SSSR count). The molecule has 1 aromatic rings. The molecule has 0 heterocycles. The van der Waals surface area contributed by atoms with E-state index in [1.54, 1.807) is 6.92 Å². The first-order valence-corrected chi connectivity index (χ1v) is 4.62. The summed E-state index contributed by atoms with van der Waals surface area (Å²) in [4.78, 5) is 11.5. The van der Waals surface area contributed by atoms with Gasteiger partial charge in [0.15, 0.2) is 11.6 Å². The molecule has 1 atom stereocenters. The highest BCUT2D eigenvalue weighted by atomic mass is 19.2. The van der Waals surface area contributed by atoms with Crippen molar-refractivity contribution in [3.8, 4) is 0 Å². The van der Waals surface area contributed by atoms with E-state index in [4.69, 9.17) is 10.8 Å². The predicted octanol–water partition coefficient (Wildman–Crippen LogP) is 0.658. The molecule has 0 aliphatic carbocycles. The van der Waals surface area contributed by atoms with Crippen LogP contribution in [0.4, 0.5) is 14.5 Å². The van der Waals surface area contributed by atoms with Crippen LogP contribution >= 0.6 is 0 Å². The van der Waals surface area contributed by atoms with E-state index in [2.05, 4.69) is 5.32 Å². The van der Waals surface area contributed by atoms with Gasteiger partial charge in [-0.15, -0.1) is 0 Å². The number of nitrogens with two attached hydrogens (primary N) is 1. The van der Waals surface area contributed by atoms with Crippen LogP contribution in [0, 0.1) is 11.6 Å². The molecule has 0 aliphatic heterocycles. The summed E-state index contributed by atoms with van der Waals surface area (Å²) in [5.41, 5.74) is 5.07. The zero-order valence-corrected chi connectivity index (χ0v) is 8.63. The summed E-state index contributed by atoms with van der Waals surface area (Å²) in [6, 6.07) is 0.984. The second-order valence-electron chi connectivity index (χ2n) is 3.41. The number of hydrogen-bond acceptors (Lipinski definition) is 3. The molecule has 0 spiro atoms. The number of amides is 1. The van der Waals surface area contributed by atoms with Gasteiger partial charge in [-0.1, -0.05) is 0 Å². The summed E-state index contributed by atoms with van der Waals surface area (Å²) in [7, 11) is 0. The molecule has 6 heteroatoms. The monoisotopic (exact) mass is 230 g/mol. The Balaban J connectivity index is 2.96. The minimum atomic E-state index is -1.14. The fraction of sp³-hybridized carbons (Fsp3) is 0.300. The summed E-state index contributed by atoms with van der Waals surface area (Å²) < 4.78 is 25.6. The number of rotatable bonds is 3. The summed E-state index contributed by atoms with van der Waals surface area (Å²) in [6.45, 7) is 1.31. The maximum Gasteiger partial charge on any atom is 0.253 e. The largest absolute Gasteiger partial charge is 0.398 e. The van der Waals surface area contributed by atoms with Crippen LogP contribution in [-0.4, -0.2) is 23.7 Å². The van der Waals surface area contributed by atoms with Gasteiger partial charge < -0.3 is 16.2 Å². The van der Waals surface area contributed by atoms with Crippen molar-refractivity contribution in [2.45, 2.75) is 13.0 Å². The third kappa shape index (κ3) is 2.66. The fourth-order valence-corrected chi connectivity index (χ4v) is 1.11. The standard InChI is InChI=1S/C10H12F2N2O2/c1-5(4-15)14-10(16)6-2-7(11)8(12)3-9(6)13/h2-3,5,15H,4,13H2,1H3,(H,14,16)/t5-/m1/s1. The van der Waals surface area contributed by atoms with E-state index in [9.17, 15) is 13.6 Å². The second-order valence-corrected chi connectivity index (χ2v) is 3.41. The van der Waals surface area contributed by atoms with Gasteiger partial charge in [0, 0.05) is 17.8 Å². The number of halogens is 2. The van der Waals surface area contributed by atoms with Crippen molar-refractivity contribution >= 4 is 11.6 Å². The van der Waals surface area contributed by atoms with Crippen molar-refractivity contribution in [3.05, 3.63) is 29.3 Å². The number of carbonyl (C=O) groups excluding carboxylic acids is 1. The minimum absolute atomic E-state index is 0.151. The molecule has 0 saturated carbocycles. The highest BCUT2D eigenvalue weighted by molar-refractivity contribution is 5.99. The molecular weight excluding hydrogens is 218 g/mol. The van der Waals surface area contributed by atoms with Crippen LogP contribution in [0.25, 0.3) is 0 Å². The normalized spacial score (nSPS) is 12.2. The average Bonchev–Trinajstić information content (AvgIpc) is 2.23. The first-order valence-electron chi connectivity index (χ1n) is 4.62. The van der Waals surface area contributed by atoms with Crippen molar-refractivity contribution in [2.75, 3.05) is 12.3 Å². The van der Waals surface area contributed by atoms with Crippen LogP contribution in [-0.2, 0) is 0 Å². The van der Waals surface area contributed by atoms with Gasteiger partial charge in [0.2, 0.25) is 0 Å². The number of anilines is 1. The number of aliphatic hydroxyl groups is 1. The molecule has 0 saturated heterocycles. The van der Waals surface area contributed by atoms with E-state index in [-0.39, 0.29) is 17.9 Å². The lowest BCUT2D eigenvalue weighted by Gasteiger charge is -2.12. The molecule has 16 heavy (non-hydrogen) atoms. The van der Waals surface area contributed by atoms with Gasteiger partial charge >= 0.3 is 0 Å². The van der Waals surface area contributed by atoms with Crippen LogP contribution in [0.3, 0.4) is 0 Å². The third-order valence-electron chi connectivity index (χ3n) is 1.99. The molecule has 0 radical (unpaired) electrons. The highest BCUT2D eigenvalue weighted by Gasteiger charge is 2.15. The SMILES string of the molecule is C[C@H](CO)NC(=O)c1cc(F)c(F)cc1N. The number of aliphatic hydroxyl groups excluding tert-OH is 1. The summed E-state index contributed by atoms with van der Waals surface area (Å²) in [5.74, 6) is -2.90. The minimum Gasteiger partial charge on any atom is -0.398 e. The third-order valence-corrected chi connectivity index (χ3v) is 1.99. The van der Waals surface area contributed by atoms with Crippen LogP contribution in [0.5, 0.6) is 0 Å². The van der Waals surface area contributed by atoms with Gasteiger partial charge in [-0.2, -0.15) is 0 Å². The molecule has 4 N–H and O–H groups in total. The smallest absolute Gasteiger partial charge is 0.253 e. The Kier molecular flexibility index (Phi) is 3.78. The zero-order chi connectivity index (χ0) is 12.3. The highest BCUT2D eigenvalue weighted by Crippen LogP contribution is 2.16. The fourth-order valence-electron chi connectivity index (χ4n) is 1.11. The van der Waals surface area contributed by atoms with Crippen molar-refractivity contribution in [1.82, 2.24) is 5.32 Å². The van der Waals surface area contributed by atoms with Gasteiger partial charge in [0.1, 0.15) is 0 Å². The summed E-state index contributed by atoms with van der Waals surface area (Å²) in [6.07, 6.45) is 0. The van der Waals surface area contributed by atoms with Gasteiger partial charge in [-0.25, -0.2) is 8.78 Å². The Morgan fingerprint density at radius 3 is 2.62 bits per heavy atom. The van der Waals surface area contributed by atoms with E-state index in [0.717, 1.165) is 12.1 Å². The van der Waals surface area contributed by atoms with E-state index in [1.807, 2.05) is 0 Å². The van der Waals surface area contributed by atoms with Gasteiger partial charge in [-0.3, -0.25) is 4.79 Å². The summed E-state index contributed by atoms with van der Waals surface area (Å²) in [5, 5.41) is 11.1. The first-order chi connectivity index (χ1) is 7.45. The van der Waals surface area contributed by atoms with Crippen LogP contribution < -0.4 is 11.1 Å². The molecular formula is C10H12F2N2O2. The first kappa shape index (κ1) is 12.4. The molecule has 0 bridgehead atoms. The van der Waals surface area contributed by atoms with E-state index < -0.39 is 23.6 Å². The Morgan fingerprint density at radius 2 is 2.06 bits per heavy atom. The predicted molar refractivity (Wildman–Crippen MR) is 54.8 cm³/mol.